The first-order chi connectivity index (χ1) is 8.63. The number of hydrogen-bond donors (Lipinski definition) is 0. The lowest BCUT2D eigenvalue weighted by Gasteiger charge is -2.06. The Kier molecular flexibility index (Phi) is 4.04. The lowest BCUT2D eigenvalue weighted by Crippen LogP contribution is -2.10. The fraction of sp³-hybridized carbons (Fsp3) is 0.231. The molecule has 1 aromatic carbocycles. The van der Waals surface area contributed by atoms with Gasteiger partial charge in [-0.15, -0.1) is 0 Å². The van der Waals surface area contributed by atoms with Crippen LogP contribution in [0.15, 0.2) is 30.6 Å². The predicted molar refractivity (Wildman–Crippen MR) is 72.4 cm³/mol. The number of benzene rings is 1. The Labute approximate surface area is 115 Å². The summed E-state index contributed by atoms with van der Waals surface area (Å²) in [7, 11) is 0. The molecule has 1 aromatic heterocycles. The highest BCUT2D eigenvalue weighted by atomic mass is 35.5. The first-order valence-corrected chi connectivity index (χ1v) is 6.36. The second kappa shape index (κ2) is 5.55. The molecule has 0 atom stereocenters. The number of carbonyl (C=O) groups excluding carboxylic acids is 1. The normalized spacial score (nSPS) is 10.6. The summed E-state index contributed by atoms with van der Waals surface area (Å²) < 4.78 is 1.93. The monoisotopic (exact) mass is 282 g/mol. The first-order valence-electron chi connectivity index (χ1n) is 5.60. The van der Waals surface area contributed by atoms with E-state index in [9.17, 15) is 4.79 Å². The van der Waals surface area contributed by atoms with Crippen molar-refractivity contribution >= 4 is 29.0 Å². The lowest BCUT2D eigenvalue weighted by molar-refractivity contribution is 0.0990. The van der Waals surface area contributed by atoms with E-state index < -0.39 is 0 Å². The third kappa shape index (κ3) is 2.57. The molecule has 0 aliphatic carbocycles. The number of rotatable bonds is 4. The van der Waals surface area contributed by atoms with E-state index >= 15 is 0 Å². The topological polar surface area (TPSA) is 34.9 Å². The Bertz CT molecular complexity index is 578. The molecular weight excluding hydrogens is 271 g/mol. The Morgan fingerprint density at radius 2 is 2.17 bits per heavy atom. The molecule has 0 saturated carbocycles. The van der Waals surface area contributed by atoms with Crippen molar-refractivity contribution in [3.63, 3.8) is 0 Å². The van der Waals surface area contributed by atoms with Gasteiger partial charge < -0.3 is 4.57 Å². The van der Waals surface area contributed by atoms with Gasteiger partial charge in [-0.3, -0.25) is 4.79 Å². The van der Waals surface area contributed by atoms with Crippen molar-refractivity contribution in [3.8, 4) is 0 Å². The van der Waals surface area contributed by atoms with Gasteiger partial charge in [-0.1, -0.05) is 29.3 Å². The minimum absolute atomic E-state index is 0.0802. The van der Waals surface area contributed by atoms with Gasteiger partial charge in [0.2, 0.25) is 0 Å². The Morgan fingerprint density at radius 3 is 2.89 bits per heavy atom. The number of carbonyl (C=O) groups is 1. The molecule has 0 aliphatic rings. The molecule has 0 unspecified atom stereocenters. The van der Waals surface area contributed by atoms with Crippen molar-refractivity contribution in [3.05, 3.63) is 52.0 Å². The van der Waals surface area contributed by atoms with Crippen LogP contribution in [0.25, 0.3) is 0 Å². The molecule has 0 saturated heterocycles. The van der Waals surface area contributed by atoms with Crippen molar-refractivity contribution in [2.45, 2.75) is 19.9 Å². The first kappa shape index (κ1) is 13.1. The molecule has 0 spiro atoms. The van der Waals surface area contributed by atoms with Crippen LogP contribution in [0.3, 0.4) is 0 Å². The third-order valence-electron chi connectivity index (χ3n) is 2.71. The van der Waals surface area contributed by atoms with Crippen LogP contribution in [0.4, 0.5) is 0 Å². The molecule has 1 heterocycles. The molecule has 0 amide bonds. The SMILES string of the molecule is CCn1ccnc1CC(=O)c1cccc(Cl)c1Cl. The van der Waals surface area contributed by atoms with Crippen LogP contribution in [-0.2, 0) is 13.0 Å². The van der Waals surface area contributed by atoms with E-state index in [1.165, 1.54) is 0 Å². The maximum absolute atomic E-state index is 12.2. The Balaban J connectivity index is 2.25. The van der Waals surface area contributed by atoms with Crippen molar-refractivity contribution in [1.29, 1.82) is 0 Å². The highest BCUT2D eigenvalue weighted by molar-refractivity contribution is 6.43. The minimum atomic E-state index is -0.0802. The van der Waals surface area contributed by atoms with E-state index in [0.717, 1.165) is 12.4 Å². The van der Waals surface area contributed by atoms with Gasteiger partial charge >= 0.3 is 0 Å². The van der Waals surface area contributed by atoms with Gasteiger partial charge in [-0.05, 0) is 19.1 Å². The number of aromatic nitrogens is 2. The number of imidazole rings is 1. The Hall–Kier alpha value is -1.32. The van der Waals surface area contributed by atoms with Crippen LogP contribution in [0, 0.1) is 0 Å². The molecule has 3 nitrogen and oxygen atoms in total. The zero-order chi connectivity index (χ0) is 13.1. The van der Waals surface area contributed by atoms with Gasteiger partial charge in [0.25, 0.3) is 0 Å². The number of aryl methyl sites for hydroxylation is 1. The zero-order valence-corrected chi connectivity index (χ0v) is 11.4. The summed E-state index contributed by atoms with van der Waals surface area (Å²) >= 11 is 11.9. The highest BCUT2D eigenvalue weighted by Gasteiger charge is 2.15. The number of halogens is 2. The quantitative estimate of drug-likeness (QED) is 0.803. The summed E-state index contributed by atoms with van der Waals surface area (Å²) in [4.78, 5) is 16.3. The molecule has 2 rings (SSSR count). The molecule has 18 heavy (non-hydrogen) atoms. The molecule has 0 N–H and O–H groups in total. The lowest BCUT2D eigenvalue weighted by atomic mass is 10.1. The number of hydrogen-bond acceptors (Lipinski definition) is 2. The molecule has 0 bridgehead atoms. The van der Waals surface area contributed by atoms with Gasteiger partial charge in [0, 0.05) is 24.5 Å². The van der Waals surface area contributed by atoms with E-state index in [0.29, 0.717) is 15.6 Å². The van der Waals surface area contributed by atoms with E-state index in [-0.39, 0.29) is 12.2 Å². The summed E-state index contributed by atoms with van der Waals surface area (Å²) in [6.45, 7) is 2.79. The highest BCUT2D eigenvalue weighted by Crippen LogP contribution is 2.26. The fourth-order valence-corrected chi connectivity index (χ4v) is 2.16. The van der Waals surface area contributed by atoms with Gasteiger partial charge in [0.05, 0.1) is 16.5 Å². The summed E-state index contributed by atoms with van der Waals surface area (Å²) in [5, 5.41) is 0.695. The van der Waals surface area contributed by atoms with Crippen LogP contribution in [-0.4, -0.2) is 15.3 Å². The summed E-state index contributed by atoms with van der Waals surface area (Å²) in [5.41, 5.74) is 0.440. The summed E-state index contributed by atoms with van der Waals surface area (Å²) in [6, 6.07) is 5.05. The van der Waals surface area contributed by atoms with Gasteiger partial charge in [-0.2, -0.15) is 0 Å². The largest absolute Gasteiger partial charge is 0.335 e. The fourth-order valence-electron chi connectivity index (χ4n) is 1.75. The predicted octanol–water partition coefficient (Wildman–Crippen LogP) is 3.64. The molecule has 2 aromatic rings. The average Bonchev–Trinajstić information content (AvgIpc) is 2.79. The maximum Gasteiger partial charge on any atom is 0.171 e. The Morgan fingerprint density at radius 1 is 1.39 bits per heavy atom. The number of Topliss-reactive ketones (excluding diaryl/α,β-unsaturated/α-hetero) is 1. The van der Waals surface area contributed by atoms with Crippen molar-refractivity contribution in [2.75, 3.05) is 0 Å². The van der Waals surface area contributed by atoms with Crippen LogP contribution in [0.2, 0.25) is 10.0 Å². The van der Waals surface area contributed by atoms with E-state index in [4.69, 9.17) is 23.2 Å². The zero-order valence-electron chi connectivity index (χ0n) is 9.86. The second-order valence-electron chi connectivity index (χ2n) is 3.83. The van der Waals surface area contributed by atoms with Crippen molar-refractivity contribution < 1.29 is 4.79 Å². The van der Waals surface area contributed by atoms with E-state index in [1.807, 2.05) is 17.7 Å². The molecule has 94 valence electrons. The molecule has 0 fully saturated rings. The van der Waals surface area contributed by atoms with Gasteiger partial charge in [0.1, 0.15) is 5.82 Å². The molecule has 5 heteroatoms. The molecular formula is C13H12Cl2N2O. The van der Waals surface area contributed by atoms with Crippen LogP contribution in [0.5, 0.6) is 0 Å². The van der Waals surface area contributed by atoms with Crippen LogP contribution < -0.4 is 0 Å². The smallest absolute Gasteiger partial charge is 0.171 e. The number of nitrogens with zero attached hydrogens (tertiary/aromatic N) is 2. The summed E-state index contributed by atoms with van der Waals surface area (Å²) in [5.74, 6) is 0.655. The summed E-state index contributed by atoms with van der Waals surface area (Å²) in [6.07, 6.45) is 3.76. The second-order valence-corrected chi connectivity index (χ2v) is 4.62. The van der Waals surface area contributed by atoms with Gasteiger partial charge in [0.15, 0.2) is 5.78 Å². The molecule has 0 radical (unpaired) electrons. The van der Waals surface area contributed by atoms with E-state index in [2.05, 4.69) is 4.98 Å². The molecule has 0 aliphatic heterocycles. The minimum Gasteiger partial charge on any atom is -0.335 e. The average molecular weight is 283 g/mol. The van der Waals surface area contributed by atoms with Crippen LogP contribution in [0.1, 0.15) is 23.1 Å². The standard InChI is InChI=1S/C13H12Cl2N2O/c1-2-17-7-6-16-12(17)8-11(18)9-4-3-5-10(14)13(9)15/h3-7H,2,8H2,1H3. The van der Waals surface area contributed by atoms with Crippen molar-refractivity contribution in [2.24, 2.45) is 0 Å². The third-order valence-corrected chi connectivity index (χ3v) is 3.53. The maximum atomic E-state index is 12.2. The number of ketones is 1. The van der Waals surface area contributed by atoms with Crippen LogP contribution >= 0.6 is 23.2 Å². The van der Waals surface area contributed by atoms with Crippen molar-refractivity contribution in [1.82, 2.24) is 9.55 Å². The van der Waals surface area contributed by atoms with E-state index in [1.54, 1.807) is 24.4 Å². The van der Waals surface area contributed by atoms with Gasteiger partial charge in [-0.25, -0.2) is 4.98 Å².